The third-order valence-corrected chi connectivity index (χ3v) is 5.89. The van der Waals surface area contributed by atoms with Gasteiger partial charge in [-0.15, -0.1) is 0 Å². The Hall–Kier alpha value is -3.32. The van der Waals surface area contributed by atoms with Gasteiger partial charge in [-0.2, -0.15) is 13.2 Å². The van der Waals surface area contributed by atoms with Crippen LogP contribution in [-0.2, 0) is 25.6 Å². The number of rotatable bonds is 5. The molecule has 1 aliphatic rings. The summed E-state index contributed by atoms with van der Waals surface area (Å²) in [5.74, 6) is -1.28. The summed E-state index contributed by atoms with van der Waals surface area (Å²) in [5.41, 5.74) is 2.09. The first kappa shape index (κ1) is 21.9. The van der Waals surface area contributed by atoms with Crippen molar-refractivity contribution in [2.24, 2.45) is 5.92 Å². The molecule has 0 bridgehead atoms. The monoisotopic (exact) mass is 441 g/mol. The normalized spacial score (nSPS) is 18.3. The molecule has 166 valence electrons. The average molecular weight is 441 g/mol. The Labute approximate surface area is 183 Å². The predicted octanol–water partition coefficient (Wildman–Crippen LogP) is 5.14. The fourth-order valence-electron chi connectivity index (χ4n) is 4.31. The predicted molar refractivity (Wildman–Crippen MR) is 114 cm³/mol. The van der Waals surface area contributed by atoms with Gasteiger partial charge in [0.25, 0.3) is 0 Å². The second-order valence-electron chi connectivity index (χ2n) is 8.00. The molecule has 0 aliphatic carbocycles. The molecule has 0 spiro atoms. The zero-order valence-corrected chi connectivity index (χ0v) is 17.1. The lowest BCUT2D eigenvalue weighted by Gasteiger charge is -2.41. The Morgan fingerprint density at radius 1 is 0.969 bits per heavy atom. The van der Waals surface area contributed by atoms with E-state index >= 15 is 0 Å². The van der Waals surface area contributed by atoms with E-state index in [1.807, 2.05) is 18.2 Å². The molecule has 7 heteroatoms. The summed E-state index contributed by atoms with van der Waals surface area (Å²) < 4.78 is 40.6. The number of para-hydroxylation sites is 1. The van der Waals surface area contributed by atoms with Crippen molar-refractivity contribution in [3.05, 3.63) is 101 Å². The third kappa shape index (κ3) is 4.48. The summed E-state index contributed by atoms with van der Waals surface area (Å²) in [6, 6.07) is 19.3. The summed E-state index contributed by atoms with van der Waals surface area (Å²) >= 11 is 0. The van der Waals surface area contributed by atoms with Crippen LogP contribution in [0.5, 0.6) is 0 Å². The van der Waals surface area contributed by atoms with Gasteiger partial charge in [-0.25, -0.2) is 4.79 Å². The van der Waals surface area contributed by atoms with E-state index in [-0.39, 0.29) is 23.6 Å². The molecular weight excluding hydrogens is 419 g/mol. The summed E-state index contributed by atoms with van der Waals surface area (Å²) in [6.07, 6.45) is -4.45. The largest absolute Gasteiger partial charge is 0.478 e. The first-order valence-electron chi connectivity index (χ1n) is 10.2. The van der Waals surface area contributed by atoms with Crippen molar-refractivity contribution in [3.8, 4) is 0 Å². The van der Waals surface area contributed by atoms with E-state index in [2.05, 4.69) is 0 Å². The number of aliphatic hydroxyl groups excluding tert-OH is 1. The van der Waals surface area contributed by atoms with Crippen molar-refractivity contribution in [1.29, 1.82) is 0 Å². The number of fused-ring (bicyclic) bond motifs is 1. The molecular formula is C25H22F3NO3. The average Bonchev–Trinajstić information content (AvgIpc) is 2.76. The van der Waals surface area contributed by atoms with E-state index in [1.165, 1.54) is 24.3 Å². The van der Waals surface area contributed by atoms with E-state index in [0.717, 1.165) is 22.9 Å². The number of benzene rings is 3. The second kappa shape index (κ2) is 8.67. The van der Waals surface area contributed by atoms with E-state index in [1.54, 1.807) is 29.2 Å². The SMILES string of the molecule is O=C(O)c1ccc(CC2Cc3ccccc3N(Cc3ccccc3C(F)(F)F)C2O)cc1. The van der Waals surface area contributed by atoms with Gasteiger partial charge in [0.05, 0.1) is 11.1 Å². The molecule has 0 saturated heterocycles. The van der Waals surface area contributed by atoms with Gasteiger partial charge in [0.1, 0.15) is 6.23 Å². The Balaban J connectivity index is 1.64. The molecule has 0 fully saturated rings. The molecule has 0 radical (unpaired) electrons. The van der Waals surface area contributed by atoms with Gasteiger partial charge in [0.15, 0.2) is 0 Å². The summed E-state index contributed by atoms with van der Waals surface area (Å²) in [7, 11) is 0. The number of carboxylic acid groups (broad SMARTS) is 1. The van der Waals surface area contributed by atoms with Crippen LogP contribution in [0, 0.1) is 5.92 Å². The molecule has 4 nitrogen and oxygen atoms in total. The van der Waals surface area contributed by atoms with Crippen LogP contribution >= 0.6 is 0 Å². The lowest BCUT2D eigenvalue weighted by molar-refractivity contribution is -0.138. The van der Waals surface area contributed by atoms with Gasteiger partial charge >= 0.3 is 12.1 Å². The van der Waals surface area contributed by atoms with Gasteiger partial charge in [0.2, 0.25) is 0 Å². The van der Waals surface area contributed by atoms with E-state index in [0.29, 0.717) is 12.8 Å². The summed E-state index contributed by atoms with van der Waals surface area (Å²) in [6.45, 7) is -0.0810. The lowest BCUT2D eigenvalue weighted by atomic mass is 9.85. The molecule has 3 aromatic rings. The van der Waals surface area contributed by atoms with Crippen molar-refractivity contribution in [2.75, 3.05) is 4.90 Å². The Morgan fingerprint density at radius 2 is 1.62 bits per heavy atom. The Kier molecular flexibility index (Phi) is 5.93. The Bertz CT molecular complexity index is 1110. The molecule has 4 rings (SSSR count). The highest BCUT2D eigenvalue weighted by Gasteiger charge is 2.36. The molecule has 2 N–H and O–H groups in total. The zero-order chi connectivity index (χ0) is 22.9. The molecule has 2 atom stereocenters. The number of carboxylic acids is 1. The van der Waals surface area contributed by atoms with Gasteiger partial charge < -0.3 is 15.1 Å². The van der Waals surface area contributed by atoms with Crippen LogP contribution in [0.4, 0.5) is 18.9 Å². The van der Waals surface area contributed by atoms with E-state index < -0.39 is 23.9 Å². The second-order valence-corrected chi connectivity index (χ2v) is 8.00. The molecule has 0 amide bonds. The minimum absolute atomic E-state index is 0.0810. The Morgan fingerprint density at radius 3 is 2.31 bits per heavy atom. The highest BCUT2D eigenvalue weighted by atomic mass is 19.4. The molecule has 32 heavy (non-hydrogen) atoms. The number of alkyl halides is 3. The molecule has 1 heterocycles. The van der Waals surface area contributed by atoms with E-state index in [4.69, 9.17) is 5.11 Å². The topological polar surface area (TPSA) is 60.8 Å². The number of hydrogen-bond donors (Lipinski definition) is 2. The molecule has 0 saturated carbocycles. The maximum Gasteiger partial charge on any atom is 0.416 e. The van der Waals surface area contributed by atoms with Gasteiger partial charge in [0, 0.05) is 18.2 Å². The van der Waals surface area contributed by atoms with Crippen LogP contribution in [0.2, 0.25) is 0 Å². The smallest absolute Gasteiger partial charge is 0.416 e. The molecule has 2 unspecified atom stereocenters. The van der Waals surface area contributed by atoms with Gasteiger partial charge in [-0.05, 0) is 53.8 Å². The van der Waals surface area contributed by atoms with Crippen LogP contribution in [0.15, 0.2) is 72.8 Å². The van der Waals surface area contributed by atoms with Crippen molar-refractivity contribution in [2.45, 2.75) is 31.8 Å². The minimum atomic E-state index is -4.48. The molecule has 0 aromatic heterocycles. The third-order valence-electron chi connectivity index (χ3n) is 5.89. The zero-order valence-electron chi connectivity index (χ0n) is 17.1. The first-order chi connectivity index (χ1) is 15.2. The highest BCUT2D eigenvalue weighted by molar-refractivity contribution is 5.87. The number of nitrogens with zero attached hydrogens (tertiary/aromatic N) is 1. The van der Waals surface area contributed by atoms with Crippen molar-refractivity contribution >= 4 is 11.7 Å². The lowest BCUT2D eigenvalue weighted by Crippen LogP contribution is -2.46. The standard InChI is InChI=1S/C25H22F3NO3/c26-25(27,28)21-7-3-1-6-19(21)15-29-22-8-4-2-5-18(22)14-20(23(29)30)13-16-9-11-17(12-10-16)24(31)32/h1-12,20,23,30H,13-15H2,(H,31,32). The fourth-order valence-corrected chi connectivity index (χ4v) is 4.31. The van der Waals surface area contributed by atoms with Crippen LogP contribution in [0.25, 0.3) is 0 Å². The van der Waals surface area contributed by atoms with Crippen LogP contribution < -0.4 is 4.90 Å². The number of carbonyl (C=O) groups is 1. The van der Waals surface area contributed by atoms with Crippen LogP contribution in [-0.4, -0.2) is 22.4 Å². The number of aromatic carboxylic acids is 1. The number of anilines is 1. The maximum atomic E-state index is 13.5. The maximum absolute atomic E-state index is 13.5. The molecule has 1 aliphatic heterocycles. The van der Waals surface area contributed by atoms with E-state index in [9.17, 15) is 23.1 Å². The number of aliphatic hydroxyl groups is 1. The fraction of sp³-hybridized carbons (Fsp3) is 0.240. The molecule has 3 aromatic carbocycles. The van der Waals surface area contributed by atoms with Gasteiger partial charge in [-0.3, -0.25) is 0 Å². The highest BCUT2D eigenvalue weighted by Crippen LogP contribution is 2.38. The number of hydrogen-bond acceptors (Lipinski definition) is 3. The van der Waals surface area contributed by atoms with Gasteiger partial charge in [-0.1, -0.05) is 48.5 Å². The first-order valence-corrected chi connectivity index (χ1v) is 10.2. The van der Waals surface area contributed by atoms with Crippen molar-refractivity contribution in [1.82, 2.24) is 0 Å². The quantitative estimate of drug-likeness (QED) is 0.575. The van der Waals surface area contributed by atoms with Crippen LogP contribution in [0.1, 0.15) is 32.6 Å². The van der Waals surface area contributed by atoms with Crippen LogP contribution in [0.3, 0.4) is 0 Å². The van der Waals surface area contributed by atoms with Crippen molar-refractivity contribution < 1.29 is 28.2 Å². The minimum Gasteiger partial charge on any atom is -0.478 e. The van der Waals surface area contributed by atoms with Crippen molar-refractivity contribution in [3.63, 3.8) is 0 Å². The number of halogens is 3. The summed E-state index contributed by atoms with van der Waals surface area (Å²) in [5, 5.41) is 20.3. The summed E-state index contributed by atoms with van der Waals surface area (Å²) in [4.78, 5) is 12.7.